The summed E-state index contributed by atoms with van der Waals surface area (Å²) in [4.78, 5) is 12.3. The average molecular weight is 145 g/mol. The maximum absolute atomic E-state index is 10.3. The number of carbonyl (C=O) groups excluding carboxylic acids is 1. The van der Waals surface area contributed by atoms with Crippen molar-refractivity contribution in [2.75, 3.05) is 13.8 Å². The molecule has 0 aliphatic heterocycles. The Bertz CT molecular complexity index is 112. The molecule has 0 heterocycles. The van der Waals surface area contributed by atoms with Gasteiger partial charge in [-0.3, -0.25) is 9.69 Å². The van der Waals surface area contributed by atoms with Crippen LogP contribution in [0.3, 0.4) is 0 Å². The van der Waals surface area contributed by atoms with E-state index in [1.807, 2.05) is 25.8 Å². The number of hydrogen-bond donors (Lipinski definition) is 0. The molecule has 0 saturated carbocycles. The summed E-state index contributed by atoms with van der Waals surface area (Å²) >= 11 is 0. The highest BCUT2D eigenvalue weighted by Gasteiger charge is 2.02. The molecule has 0 N–H and O–H groups in total. The van der Waals surface area contributed by atoms with E-state index in [1.165, 1.54) is 6.92 Å². The Kier molecular flexibility index (Phi) is 4.03. The normalized spacial score (nSPS) is 10.6. The predicted octanol–water partition coefficient (Wildman–Crippen LogP) is 0.847. The number of ether oxygens (including phenoxy) is 1. The lowest BCUT2D eigenvalue weighted by Crippen LogP contribution is -2.29. The minimum Gasteiger partial charge on any atom is -0.450 e. The van der Waals surface area contributed by atoms with Crippen molar-refractivity contribution in [1.29, 1.82) is 0 Å². The van der Waals surface area contributed by atoms with Crippen LogP contribution in [-0.2, 0) is 9.53 Å². The van der Waals surface area contributed by atoms with Gasteiger partial charge in [-0.2, -0.15) is 0 Å². The third-order valence-corrected chi connectivity index (χ3v) is 1.35. The third-order valence-electron chi connectivity index (χ3n) is 1.35. The average Bonchev–Trinajstić information content (AvgIpc) is 1.82. The van der Waals surface area contributed by atoms with Crippen molar-refractivity contribution in [1.82, 2.24) is 4.90 Å². The predicted molar refractivity (Wildman–Crippen MR) is 39.5 cm³/mol. The van der Waals surface area contributed by atoms with Gasteiger partial charge in [-0.15, -0.1) is 0 Å². The highest BCUT2D eigenvalue weighted by molar-refractivity contribution is 5.65. The van der Waals surface area contributed by atoms with Crippen LogP contribution < -0.4 is 0 Å². The fraction of sp³-hybridized carbons (Fsp3) is 0.857. The first kappa shape index (κ1) is 9.43. The van der Waals surface area contributed by atoms with Crippen LogP contribution in [-0.4, -0.2) is 30.7 Å². The SMILES string of the molecule is CC(=O)OCN(C)C(C)C. The summed E-state index contributed by atoms with van der Waals surface area (Å²) < 4.78 is 4.75. The van der Waals surface area contributed by atoms with Crippen LogP contribution in [0.15, 0.2) is 0 Å². The molecule has 0 atom stereocenters. The van der Waals surface area contributed by atoms with Gasteiger partial charge in [-0.1, -0.05) is 0 Å². The van der Waals surface area contributed by atoms with E-state index in [2.05, 4.69) is 0 Å². The first-order valence-corrected chi connectivity index (χ1v) is 3.37. The van der Waals surface area contributed by atoms with Crippen molar-refractivity contribution in [2.45, 2.75) is 26.8 Å². The molecule has 0 aliphatic carbocycles. The van der Waals surface area contributed by atoms with Crippen LogP contribution in [0.5, 0.6) is 0 Å². The van der Waals surface area contributed by atoms with Gasteiger partial charge in [0.1, 0.15) is 6.73 Å². The zero-order chi connectivity index (χ0) is 8.15. The van der Waals surface area contributed by atoms with E-state index in [0.717, 1.165) is 0 Å². The van der Waals surface area contributed by atoms with E-state index >= 15 is 0 Å². The number of esters is 1. The lowest BCUT2D eigenvalue weighted by atomic mass is 10.4. The molecule has 10 heavy (non-hydrogen) atoms. The minimum absolute atomic E-state index is 0.229. The zero-order valence-corrected chi connectivity index (χ0v) is 7.05. The Labute approximate surface area is 62.0 Å². The van der Waals surface area contributed by atoms with E-state index in [9.17, 15) is 4.79 Å². The van der Waals surface area contributed by atoms with Gasteiger partial charge in [0.05, 0.1) is 0 Å². The highest BCUT2D eigenvalue weighted by atomic mass is 16.5. The van der Waals surface area contributed by atoms with E-state index in [1.54, 1.807) is 0 Å². The second kappa shape index (κ2) is 4.28. The molecule has 0 saturated heterocycles. The fourth-order valence-electron chi connectivity index (χ4n) is 0.342. The van der Waals surface area contributed by atoms with Crippen LogP contribution in [0.25, 0.3) is 0 Å². The Morgan fingerprint density at radius 2 is 2.10 bits per heavy atom. The smallest absolute Gasteiger partial charge is 0.303 e. The van der Waals surface area contributed by atoms with Crippen molar-refractivity contribution >= 4 is 5.97 Å². The fourth-order valence-corrected chi connectivity index (χ4v) is 0.342. The summed E-state index contributed by atoms with van der Waals surface area (Å²) in [5.41, 5.74) is 0. The summed E-state index contributed by atoms with van der Waals surface area (Å²) in [7, 11) is 1.91. The largest absolute Gasteiger partial charge is 0.450 e. The zero-order valence-electron chi connectivity index (χ0n) is 7.05. The summed E-state index contributed by atoms with van der Waals surface area (Å²) in [6, 6.07) is 0.416. The van der Waals surface area contributed by atoms with Crippen LogP contribution in [0.1, 0.15) is 20.8 Å². The van der Waals surface area contributed by atoms with Gasteiger partial charge >= 0.3 is 5.97 Å². The topological polar surface area (TPSA) is 29.5 Å². The quantitative estimate of drug-likeness (QED) is 0.435. The molecular weight excluding hydrogens is 130 g/mol. The molecule has 0 aliphatic rings. The van der Waals surface area contributed by atoms with Gasteiger partial charge in [0, 0.05) is 13.0 Å². The molecule has 0 bridgehead atoms. The molecule has 0 aromatic heterocycles. The Balaban J connectivity index is 3.39. The molecule has 0 rings (SSSR count). The molecule has 0 aromatic carbocycles. The Morgan fingerprint density at radius 1 is 1.60 bits per heavy atom. The third kappa shape index (κ3) is 4.32. The highest BCUT2D eigenvalue weighted by Crippen LogP contribution is 1.92. The molecular formula is C7H15NO2. The second-order valence-corrected chi connectivity index (χ2v) is 2.62. The van der Waals surface area contributed by atoms with Crippen molar-refractivity contribution in [2.24, 2.45) is 0 Å². The summed E-state index contributed by atoms with van der Waals surface area (Å²) in [5.74, 6) is -0.229. The van der Waals surface area contributed by atoms with E-state index in [-0.39, 0.29) is 5.97 Å². The number of hydrogen-bond acceptors (Lipinski definition) is 3. The van der Waals surface area contributed by atoms with Crippen LogP contribution in [0.2, 0.25) is 0 Å². The maximum atomic E-state index is 10.3. The Morgan fingerprint density at radius 3 is 2.40 bits per heavy atom. The van der Waals surface area contributed by atoms with Crippen molar-refractivity contribution in [3.05, 3.63) is 0 Å². The number of carbonyl (C=O) groups is 1. The molecule has 0 amide bonds. The molecule has 3 nitrogen and oxygen atoms in total. The molecule has 0 fully saturated rings. The van der Waals surface area contributed by atoms with Gasteiger partial charge in [0.2, 0.25) is 0 Å². The molecule has 0 unspecified atom stereocenters. The van der Waals surface area contributed by atoms with Gasteiger partial charge in [0.15, 0.2) is 0 Å². The number of rotatable bonds is 3. The first-order chi connectivity index (χ1) is 4.54. The Hall–Kier alpha value is -0.570. The summed E-state index contributed by atoms with van der Waals surface area (Å²) in [6.45, 7) is 5.88. The first-order valence-electron chi connectivity index (χ1n) is 3.37. The summed E-state index contributed by atoms with van der Waals surface area (Å²) in [6.07, 6.45) is 0. The lowest BCUT2D eigenvalue weighted by molar-refractivity contribution is -0.145. The van der Waals surface area contributed by atoms with Gasteiger partial charge in [-0.05, 0) is 20.9 Å². The standard InChI is InChI=1S/C7H15NO2/c1-6(2)8(4)5-10-7(3)9/h6H,5H2,1-4H3. The molecule has 60 valence electrons. The van der Waals surface area contributed by atoms with Gasteiger partial charge in [0.25, 0.3) is 0 Å². The van der Waals surface area contributed by atoms with E-state index in [4.69, 9.17) is 4.74 Å². The maximum Gasteiger partial charge on any atom is 0.303 e. The number of nitrogens with zero attached hydrogens (tertiary/aromatic N) is 1. The van der Waals surface area contributed by atoms with Gasteiger partial charge < -0.3 is 4.74 Å². The van der Waals surface area contributed by atoms with Gasteiger partial charge in [-0.25, -0.2) is 0 Å². The summed E-state index contributed by atoms with van der Waals surface area (Å²) in [5, 5.41) is 0. The lowest BCUT2D eigenvalue weighted by Gasteiger charge is -2.19. The van der Waals surface area contributed by atoms with Crippen molar-refractivity contribution in [3.63, 3.8) is 0 Å². The minimum atomic E-state index is -0.229. The second-order valence-electron chi connectivity index (χ2n) is 2.62. The molecule has 3 heteroatoms. The van der Waals surface area contributed by atoms with E-state index in [0.29, 0.717) is 12.8 Å². The molecule has 0 radical (unpaired) electrons. The monoisotopic (exact) mass is 145 g/mol. The molecule has 0 aromatic rings. The van der Waals surface area contributed by atoms with E-state index < -0.39 is 0 Å². The van der Waals surface area contributed by atoms with Crippen LogP contribution >= 0.6 is 0 Å². The van der Waals surface area contributed by atoms with Crippen molar-refractivity contribution < 1.29 is 9.53 Å². The van der Waals surface area contributed by atoms with Crippen molar-refractivity contribution in [3.8, 4) is 0 Å². The van der Waals surface area contributed by atoms with Crippen LogP contribution in [0.4, 0.5) is 0 Å². The molecule has 0 spiro atoms. The van der Waals surface area contributed by atoms with Crippen LogP contribution in [0, 0.1) is 0 Å².